The number of rotatable bonds is 4. The third-order valence-corrected chi connectivity index (χ3v) is 6.49. The van der Waals surface area contributed by atoms with Gasteiger partial charge in [-0.2, -0.15) is 17.4 Å². The lowest BCUT2D eigenvalue weighted by molar-refractivity contribution is 0.197. The van der Waals surface area contributed by atoms with Gasteiger partial charge in [-0.1, -0.05) is 12.8 Å². The van der Waals surface area contributed by atoms with Gasteiger partial charge in [-0.25, -0.2) is 0 Å². The molecule has 0 atom stereocenters. The molecule has 2 saturated heterocycles. The topological polar surface area (TPSA) is 52.7 Å². The number of likely N-dealkylation sites (tertiary alicyclic amines) is 1. The van der Waals surface area contributed by atoms with Crippen molar-refractivity contribution in [2.75, 3.05) is 26.2 Å². The quantitative estimate of drug-likeness (QED) is 0.852. The van der Waals surface area contributed by atoms with Crippen LogP contribution >= 0.6 is 0 Å². The standard InChI is InChI=1S/C14H27N3O2S/c18-20(19,17-9-3-1-2-4-10-17)15-13-7-11-16(12-8-13)14-5-6-14/h13-15H,1-12H2. The van der Waals surface area contributed by atoms with Gasteiger partial charge < -0.3 is 4.90 Å². The first kappa shape index (κ1) is 14.8. The Hall–Kier alpha value is -0.170. The molecule has 3 fully saturated rings. The molecule has 6 heteroatoms. The molecule has 0 amide bonds. The summed E-state index contributed by atoms with van der Waals surface area (Å²) < 4.78 is 29.5. The van der Waals surface area contributed by atoms with Crippen molar-refractivity contribution in [1.29, 1.82) is 0 Å². The predicted molar refractivity (Wildman–Crippen MR) is 79.7 cm³/mol. The first-order chi connectivity index (χ1) is 9.65. The largest absolute Gasteiger partial charge is 0.300 e. The van der Waals surface area contributed by atoms with E-state index < -0.39 is 10.2 Å². The zero-order valence-corrected chi connectivity index (χ0v) is 13.1. The van der Waals surface area contributed by atoms with Crippen molar-refractivity contribution < 1.29 is 8.42 Å². The molecule has 116 valence electrons. The van der Waals surface area contributed by atoms with Crippen LogP contribution in [-0.2, 0) is 10.2 Å². The lowest BCUT2D eigenvalue weighted by atomic mass is 10.1. The Balaban J connectivity index is 1.50. The highest BCUT2D eigenvalue weighted by molar-refractivity contribution is 7.87. The summed E-state index contributed by atoms with van der Waals surface area (Å²) >= 11 is 0. The van der Waals surface area contributed by atoms with E-state index in [9.17, 15) is 8.42 Å². The van der Waals surface area contributed by atoms with Crippen LogP contribution in [0.3, 0.4) is 0 Å². The minimum Gasteiger partial charge on any atom is -0.300 e. The number of piperidine rings is 1. The molecule has 3 aliphatic rings. The van der Waals surface area contributed by atoms with E-state index in [0.29, 0.717) is 13.1 Å². The van der Waals surface area contributed by atoms with Crippen LogP contribution in [0.5, 0.6) is 0 Å². The van der Waals surface area contributed by atoms with Crippen molar-refractivity contribution >= 4 is 10.2 Å². The second-order valence-corrected chi connectivity index (χ2v) is 8.18. The summed E-state index contributed by atoms with van der Waals surface area (Å²) in [7, 11) is -3.26. The Bertz CT molecular complexity index is 406. The van der Waals surface area contributed by atoms with Gasteiger partial charge in [0.25, 0.3) is 10.2 Å². The van der Waals surface area contributed by atoms with Crippen LogP contribution in [0.15, 0.2) is 0 Å². The Morgan fingerprint density at radius 3 is 1.95 bits per heavy atom. The van der Waals surface area contributed by atoms with Crippen molar-refractivity contribution in [3.8, 4) is 0 Å². The Kier molecular flexibility index (Phi) is 4.65. The van der Waals surface area contributed by atoms with Crippen LogP contribution in [0.25, 0.3) is 0 Å². The van der Waals surface area contributed by atoms with Crippen molar-refractivity contribution in [1.82, 2.24) is 13.9 Å². The smallest absolute Gasteiger partial charge is 0.279 e. The number of hydrogen-bond donors (Lipinski definition) is 1. The van der Waals surface area contributed by atoms with Gasteiger partial charge in [0.15, 0.2) is 0 Å². The van der Waals surface area contributed by atoms with E-state index in [2.05, 4.69) is 9.62 Å². The molecule has 0 bridgehead atoms. The second-order valence-electron chi connectivity index (χ2n) is 6.48. The van der Waals surface area contributed by atoms with E-state index in [-0.39, 0.29) is 6.04 Å². The van der Waals surface area contributed by atoms with Gasteiger partial charge in [0, 0.05) is 25.2 Å². The molecule has 2 heterocycles. The van der Waals surface area contributed by atoms with Gasteiger partial charge in [0.1, 0.15) is 0 Å². The zero-order chi connectivity index (χ0) is 14.0. The zero-order valence-electron chi connectivity index (χ0n) is 12.3. The third kappa shape index (κ3) is 3.72. The summed E-state index contributed by atoms with van der Waals surface area (Å²) in [6.45, 7) is 3.49. The molecule has 0 unspecified atom stereocenters. The first-order valence-electron chi connectivity index (χ1n) is 8.16. The van der Waals surface area contributed by atoms with E-state index in [1.54, 1.807) is 4.31 Å². The summed E-state index contributed by atoms with van der Waals surface area (Å²) in [5.41, 5.74) is 0. The van der Waals surface area contributed by atoms with Crippen molar-refractivity contribution in [2.45, 2.75) is 63.5 Å². The molecule has 1 N–H and O–H groups in total. The fourth-order valence-electron chi connectivity index (χ4n) is 3.39. The Morgan fingerprint density at radius 1 is 0.800 bits per heavy atom. The minimum atomic E-state index is -3.26. The minimum absolute atomic E-state index is 0.137. The summed E-state index contributed by atoms with van der Waals surface area (Å²) in [5.74, 6) is 0. The summed E-state index contributed by atoms with van der Waals surface area (Å²) in [4.78, 5) is 2.52. The molecule has 0 spiro atoms. The van der Waals surface area contributed by atoms with Crippen LogP contribution < -0.4 is 4.72 Å². The molecule has 2 aliphatic heterocycles. The molecule has 0 aromatic carbocycles. The average molecular weight is 301 g/mol. The fourth-order valence-corrected chi connectivity index (χ4v) is 4.93. The normalized spacial score (nSPS) is 28.4. The van der Waals surface area contributed by atoms with Gasteiger partial charge in [-0.05, 0) is 51.6 Å². The number of hydrogen-bond acceptors (Lipinski definition) is 3. The second kappa shape index (κ2) is 6.30. The molecular weight excluding hydrogens is 274 g/mol. The molecule has 1 saturated carbocycles. The summed E-state index contributed by atoms with van der Waals surface area (Å²) in [6.07, 6.45) is 8.92. The molecule has 5 nitrogen and oxygen atoms in total. The molecule has 0 aromatic rings. The fraction of sp³-hybridized carbons (Fsp3) is 1.00. The van der Waals surface area contributed by atoms with E-state index in [1.807, 2.05) is 0 Å². The van der Waals surface area contributed by atoms with Gasteiger partial charge in [0.2, 0.25) is 0 Å². The Labute approximate surface area is 122 Å². The highest BCUT2D eigenvalue weighted by atomic mass is 32.2. The molecule has 3 rings (SSSR count). The highest BCUT2D eigenvalue weighted by Crippen LogP contribution is 2.29. The predicted octanol–water partition coefficient (Wildman–Crippen LogP) is 1.32. The van der Waals surface area contributed by atoms with Crippen LogP contribution in [0, 0.1) is 0 Å². The van der Waals surface area contributed by atoms with Gasteiger partial charge in [-0.3, -0.25) is 0 Å². The third-order valence-electron chi connectivity index (χ3n) is 4.81. The first-order valence-corrected chi connectivity index (χ1v) is 9.60. The molecule has 1 aliphatic carbocycles. The summed E-state index contributed by atoms with van der Waals surface area (Å²) in [6, 6.07) is 0.941. The maximum absolute atomic E-state index is 12.4. The Morgan fingerprint density at radius 2 is 1.40 bits per heavy atom. The molecule has 0 aromatic heterocycles. The van der Waals surface area contributed by atoms with E-state index in [4.69, 9.17) is 0 Å². The highest BCUT2D eigenvalue weighted by Gasteiger charge is 2.33. The maximum Gasteiger partial charge on any atom is 0.279 e. The number of nitrogens with one attached hydrogen (secondary N) is 1. The molecular formula is C14H27N3O2S. The van der Waals surface area contributed by atoms with Crippen molar-refractivity contribution in [3.05, 3.63) is 0 Å². The monoisotopic (exact) mass is 301 g/mol. The maximum atomic E-state index is 12.4. The van der Waals surface area contributed by atoms with Crippen LogP contribution in [-0.4, -0.2) is 55.9 Å². The van der Waals surface area contributed by atoms with E-state index in [1.165, 1.54) is 12.8 Å². The van der Waals surface area contributed by atoms with Gasteiger partial charge in [0.05, 0.1) is 0 Å². The lowest BCUT2D eigenvalue weighted by Gasteiger charge is -2.33. The van der Waals surface area contributed by atoms with Crippen LogP contribution in [0.4, 0.5) is 0 Å². The average Bonchev–Trinajstić information content (AvgIpc) is 3.26. The summed E-state index contributed by atoms with van der Waals surface area (Å²) in [5, 5.41) is 0. The van der Waals surface area contributed by atoms with Crippen molar-refractivity contribution in [2.24, 2.45) is 0 Å². The van der Waals surface area contributed by atoms with Crippen LogP contribution in [0.1, 0.15) is 51.4 Å². The van der Waals surface area contributed by atoms with Gasteiger partial charge in [-0.15, -0.1) is 0 Å². The number of nitrogens with zero attached hydrogens (tertiary/aromatic N) is 2. The SMILES string of the molecule is O=S(=O)(NC1CCN(C2CC2)CC1)N1CCCCCC1. The lowest BCUT2D eigenvalue weighted by Crippen LogP contribution is -2.50. The van der Waals surface area contributed by atoms with Crippen molar-refractivity contribution in [3.63, 3.8) is 0 Å². The van der Waals surface area contributed by atoms with Gasteiger partial charge >= 0.3 is 0 Å². The van der Waals surface area contributed by atoms with E-state index >= 15 is 0 Å². The molecule has 20 heavy (non-hydrogen) atoms. The van der Waals surface area contributed by atoms with E-state index in [0.717, 1.165) is 57.7 Å². The molecule has 0 radical (unpaired) electrons. The van der Waals surface area contributed by atoms with Crippen LogP contribution in [0.2, 0.25) is 0 Å².